The fourth-order valence-electron chi connectivity index (χ4n) is 2.06. The van der Waals surface area contributed by atoms with Crippen LogP contribution >= 0.6 is 0 Å². The average molecular weight is 272 g/mol. The number of carbonyl (C=O) groups is 1. The first kappa shape index (κ1) is 12.9. The van der Waals surface area contributed by atoms with Crippen molar-refractivity contribution in [3.8, 4) is 0 Å². The molecule has 1 aromatic carbocycles. The van der Waals surface area contributed by atoms with Crippen molar-refractivity contribution in [2.75, 3.05) is 13.1 Å². The molecule has 1 heterocycles. The maximum atomic E-state index is 12.0. The van der Waals surface area contributed by atoms with Gasteiger partial charge in [0.05, 0.1) is 0 Å². The van der Waals surface area contributed by atoms with Crippen LogP contribution in [0.15, 0.2) is 39.5 Å². The second kappa shape index (κ2) is 5.46. The maximum absolute atomic E-state index is 12.0. The Labute approximate surface area is 116 Å². The summed E-state index contributed by atoms with van der Waals surface area (Å²) < 4.78 is 5.14. The molecule has 0 atom stereocenters. The molecular weight excluding hydrogens is 256 g/mol. The Bertz CT molecular complexity index is 689. The third-order valence-corrected chi connectivity index (χ3v) is 3.31. The molecule has 1 aromatic heterocycles. The molecule has 1 aliphatic carbocycles. The minimum absolute atomic E-state index is 0.0510. The molecule has 1 fully saturated rings. The first-order chi connectivity index (χ1) is 9.74. The predicted molar refractivity (Wildman–Crippen MR) is 75.8 cm³/mol. The fraction of sp³-hybridized carbons (Fsp3) is 0.333. The van der Waals surface area contributed by atoms with Crippen LogP contribution in [0.25, 0.3) is 11.0 Å². The molecule has 104 valence electrons. The van der Waals surface area contributed by atoms with Crippen molar-refractivity contribution in [3.05, 3.63) is 46.3 Å². The summed E-state index contributed by atoms with van der Waals surface area (Å²) in [5.41, 5.74) is -0.0593. The highest BCUT2D eigenvalue weighted by Gasteiger charge is 2.20. The molecule has 0 aliphatic heterocycles. The van der Waals surface area contributed by atoms with Gasteiger partial charge < -0.3 is 15.1 Å². The standard InChI is InChI=1S/C15H16N2O3/c18-14(17-8-7-16-11-5-6-11)12-9-10-3-1-2-4-13(10)20-15(12)19/h1-4,9,11,16H,5-8H2,(H,17,18). The molecule has 1 saturated carbocycles. The van der Waals surface area contributed by atoms with E-state index in [0.717, 1.165) is 11.9 Å². The summed E-state index contributed by atoms with van der Waals surface area (Å²) in [4.78, 5) is 23.8. The molecule has 0 unspecified atom stereocenters. The van der Waals surface area contributed by atoms with Crippen LogP contribution in [0, 0.1) is 0 Å². The fourth-order valence-corrected chi connectivity index (χ4v) is 2.06. The topological polar surface area (TPSA) is 71.3 Å². The van der Waals surface area contributed by atoms with E-state index in [1.54, 1.807) is 18.2 Å². The van der Waals surface area contributed by atoms with Crippen molar-refractivity contribution in [2.45, 2.75) is 18.9 Å². The van der Waals surface area contributed by atoms with E-state index in [0.29, 0.717) is 18.2 Å². The molecule has 1 amide bonds. The van der Waals surface area contributed by atoms with Crippen LogP contribution in [0.4, 0.5) is 0 Å². The van der Waals surface area contributed by atoms with Crippen molar-refractivity contribution in [3.63, 3.8) is 0 Å². The lowest BCUT2D eigenvalue weighted by atomic mass is 10.2. The van der Waals surface area contributed by atoms with Gasteiger partial charge in [-0.25, -0.2) is 4.79 Å². The monoisotopic (exact) mass is 272 g/mol. The van der Waals surface area contributed by atoms with Gasteiger partial charge in [-0.15, -0.1) is 0 Å². The number of para-hydroxylation sites is 1. The second-order valence-corrected chi connectivity index (χ2v) is 4.97. The van der Waals surface area contributed by atoms with E-state index in [4.69, 9.17) is 4.42 Å². The van der Waals surface area contributed by atoms with Gasteiger partial charge in [0.25, 0.3) is 5.91 Å². The Morgan fingerprint density at radius 2 is 2.05 bits per heavy atom. The van der Waals surface area contributed by atoms with Gasteiger partial charge in [-0.2, -0.15) is 0 Å². The number of benzene rings is 1. The van der Waals surface area contributed by atoms with Gasteiger partial charge in [-0.3, -0.25) is 4.79 Å². The van der Waals surface area contributed by atoms with E-state index in [9.17, 15) is 9.59 Å². The molecule has 0 saturated heterocycles. The number of rotatable bonds is 5. The average Bonchev–Trinajstić information content (AvgIpc) is 3.27. The number of hydrogen-bond donors (Lipinski definition) is 2. The third-order valence-electron chi connectivity index (χ3n) is 3.31. The zero-order valence-electron chi connectivity index (χ0n) is 11.0. The van der Waals surface area contributed by atoms with Gasteiger partial charge in [0.2, 0.25) is 0 Å². The molecule has 5 nitrogen and oxygen atoms in total. The highest BCUT2D eigenvalue weighted by Crippen LogP contribution is 2.17. The smallest absolute Gasteiger partial charge is 0.349 e. The number of carbonyl (C=O) groups excluding carboxylic acids is 1. The molecule has 0 bridgehead atoms. The molecule has 1 aliphatic rings. The minimum atomic E-state index is -0.601. The van der Waals surface area contributed by atoms with E-state index in [1.165, 1.54) is 12.8 Å². The molecule has 2 aromatic rings. The summed E-state index contributed by atoms with van der Waals surface area (Å²) in [5, 5.41) is 6.76. The molecule has 2 N–H and O–H groups in total. The first-order valence-electron chi connectivity index (χ1n) is 6.78. The first-order valence-corrected chi connectivity index (χ1v) is 6.78. The predicted octanol–water partition coefficient (Wildman–Crippen LogP) is 1.27. The summed E-state index contributed by atoms with van der Waals surface area (Å²) >= 11 is 0. The highest BCUT2D eigenvalue weighted by atomic mass is 16.4. The van der Waals surface area contributed by atoms with Crippen LogP contribution in [0.1, 0.15) is 23.2 Å². The van der Waals surface area contributed by atoms with Crippen LogP contribution in [0.3, 0.4) is 0 Å². The minimum Gasteiger partial charge on any atom is -0.422 e. The van der Waals surface area contributed by atoms with Crippen molar-refractivity contribution >= 4 is 16.9 Å². The Balaban J connectivity index is 1.69. The van der Waals surface area contributed by atoms with Crippen molar-refractivity contribution in [1.29, 1.82) is 0 Å². The molecule has 3 rings (SSSR count). The van der Waals surface area contributed by atoms with E-state index >= 15 is 0 Å². The van der Waals surface area contributed by atoms with Gasteiger partial charge in [-0.05, 0) is 25.0 Å². The van der Waals surface area contributed by atoms with Gasteiger partial charge in [0.15, 0.2) is 0 Å². The Morgan fingerprint density at radius 3 is 2.85 bits per heavy atom. The zero-order chi connectivity index (χ0) is 13.9. The number of hydrogen-bond acceptors (Lipinski definition) is 4. The third kappa shape index (κ3) is 2.88. The quantitative estimate of drug-likeness (QED) is 0.635. The summed E-state index contributed by atoms with van der Waals surface area (Å²) in [6, 6.07) is 9.32. The largest absolute Gasteiger partial charge is 0.422 e. The number of amides is 1. The number of fused-ring (bicyclic) bond motifs is 1. The molecule has 0 radical (unpaired) electrons. The summed E-state index contributed by atoms with van der Waals surface area (Å²) in [7, 11) is 0. The summed E-state index contributed by atoms with van der Waals surface area (Å²) in [6.45, 7) is 1.22. The van der Waals surface area contributed by atoms with E-state index in [-0.39, 0.29) is 11.5 Å². The Hall–Kier alpha value is -2.14. The number of nitrogens with one attached hydrogen (secondary N) is 2. The normalized spacial score (nSPS) is 14.4. The zero-order valence-corrected chi connectivity index (χ0v) is 11.0. The van der Waals surface area contributed by atoms with Crippen LogP contribution in [0.5, 0.6) is 0 Å². The lowest BCUT2D eigenvalue weighted by Gasteiger charge is -2.06. The van der Waals surface area contributed by atoms with E-state index < -0.39 is 5.63 Å². The molecule has 5 heteroatoms. The van der Waals surface area contributed by atoms with Gasteiger partial charge in [-0.1, -0.05) is 18.2 Å². The van der Waals surface area contributed by atoms with Crippen LogP contribution in [-0.2, 0) is 0 Å². The highest BCUT2D eigenvalue weighted by molar-refractivity contribution is 5.96. The molecule has 0 spiro atoms. The van der Waals surface area contributed by atoms with Crippen LogP contribution < -0.4 is 16.3 Å². The lowest BCUT2D eigenvalue weighted by molar-refractivity contribution is 0.0950. The van der Waals surface area contributed by atoms with Crippen molar-refractivity contribution in [2.24, 2.45) is 0 Å². The van der Waals surface area contributed by atoms with Crippen molar-refractivity contribution < 1.29 is 9.21 Å². The summed E-state index contributed by atoms with van der Waals surface area (Å²) in [6.07, 6.45) is 2.42. The Morgan fingerprint density at radius 1 is 1.25 bits per heavy atom. The van der Waals surface area contributed by atoms with E-state index in [1.807, 2.05) is 12.1 Å². The Kier molecular flexibility index (Phi) is 3.52. The van der Waals surface area contributed by atoms with Crippen LogP contribution in [0.2, 0.25) is 0 Å². The lowest BCUT2D eigenvalue weighted by Crippen LogP contribution is -2.34. The summed E-state index contributed by atoms with van der Waals surface area (Å²) in [5.74, 6) is -0.387. The molecule has 20 heavy (non-hydrogen) atoms. The van der Waals surface area contributed by atoms with Crippen molar-refractivity contribution in [1.82, 2.24) is 10.6 Å². The SMILES string of the molecule is O=C(NCCNC1CC1)c1cc2ccccc2oc1=O. The van der Waals surface area contributed by atoms with Crippen LogP contribution in [-0.4, -0.2) is 25.0 Å². The van der Waals surface area contributed by atoms with Gasteiger partial charge >= 0.3 is 5.63 Å². The van der Waals surface area contributed by atoms with Gasteiger partial charge in [0.1, 0.15) is 11.1 Å². The second-order valence-electron chi connectivity index (χ2n) is 4.97. The maximum Gasteiger partial charge on any atom is 0.349 e. The van der Waals surface area contributed by atoms with Gasteiger partial charge in [0, 0.05) is 24.5 Å². The van der Waals surface area contributed by atoms with E-state index in [2.05, 4.69) is 10.6 Å². The molecular formula is C15H16N2O3.